The number of carbonyl (C=O) groups is 2. The second-order valence-corrected chi connectivity index (χ2v) is 7.20. The average molecular weight is 393 g/mol. The van der Waals surface area contributed by atoms with E-state index in [9.17, 15) is 9.59 Å². The van der Waals surface area contributed by atoms with Gasteiger partial charge >= 0.3 is 12.1 Å². The van der Waals surface area contributed by atoms with Crippen LogP contribution in [0.25, 0.3) is 5.65 Å². The highest BCUT2D eigenvalue weighted by molar-refractivity contribution is 5.89. The van der Waals surface area contributed by atoms with Crippen LogP contribution < -0.4 is 10.6 Å². The molecule has 3 N–H and O–H groups in total. The minimum Gasteiger partial charge on any atom is -0.465 e. The normalized spacial score (nSPS) is 14.7. The van der Waals surface area contributed by atoms with E-state index >= 15 is 0 Å². The van der Waals surface area contributed by atoms with Crippen LogP contribution in [0.15, 0.2) is 55.0 Å². The number of piperidine rings is 1. The zero-order valence-corrected chi connectivity index (χ0v) is 15.9. The third-order valence-corrected chi connectivity index (χ3v) is 5.32. The molecule has 29 heavy (non-hydrogen) atoms. The molecule has 150 valence electrons. The Morgan fingerprint density at radius 2 is 1.86 bits per heavy atom. The standard InChI is InChI=1S/C21H23N5O3/c27-20(23-14-15-5-9-25-12-8-22-19(25)13-15)24-18-3-1-16(2-4-18)17-6-10-26(11-7-17)21(28)29/h1-5,8-9,12-13,17H,6-7,10-11,14H2,(H,28,29)(H2,23,24,27). The van der Waals surface area contributed by atoms with E-state index in [2.05, 4.69) is 15.6 Å². The van der Waals surface area contributed by atoms with Gasteiger partial charge in [-0.3, -0.25) is 0 Å². The molecule has 1 aliphatic rings. The van der Waals surface area contributed by atoms with Crippen LogP contribution in [0.1, 0.15) is 29.9 Å². The zero-order chi connectivity index (χ0) is 20.2. The number of carboxylic acid groups (broad SMARTS) is 1. The van der Waals surface area contributed by atoms with Gasteiger partial charge in [-0.15, -0.1) is 0 Å². The number of anilines is 1. The summed E-state index contributed by atoms with van der Waals surface area (Å²) >= 11 is 0. The molecule has 0 unspecified atom stereocenters. The van der Waals surface area contributed by atoms with E-state index in [1.807, 2.05) is 53.2 Å². The predicted molar refractivity (Wildman–Crippen MR) is 109 cm³/mol. The third kappa shape index (κ3) is 4.48. The predicted octanol–water partition coefficient (Wildman–Crippen LogP) is 3.51. The van der Waals surface area contributed by atoms with Gasteiger partial charge in [0.15, 0.2) is 0 Å². The van der Waals surface area contributed by atoms with Crippen LogP contribution in [-0.2, 0) is 6.54 Å². The molecule has 0 saturated carbocycles. The van der Waals surface area contributed by atoms with E-state index in [4.69, 9.17) is 5.11 Å². The van der Waals surface area contributed by atoms with Crippen molar-refractivity contribution in [1.82, 2.24) is 19.6 Å². The molecule has 0 radical (unpaired) electrons. The molecule has 8 heteroatoms. The van der Waals surface area contributed by atoms with Crippen molar-refractivity contribution >= 4 is 23.5 Å². The lowest BCUT2D eigenvalue weighted by molar-refractivity contribution is 0.132. The van der Waals surface area contributed by atoms with Gasteiger partial charge in [-0.05, 0) is 54.2 Å². The van der Waals surface area contributed by atoms with E-state index in [1.54, 1.807) is 6.20 Å². The fourth-order valence-corrected chi connectivity index (χ4v) is 3.66. The maximum Gasteiger partial charge on any atom is 0.407 e. The van der Waals surface area contributed by atoms with E-state index < -0.39 is 6.09 Å². The summed E-state index contributed by atoms with van der Waals surface area (Å²) in [6.45, 7) is 1.54. The molecule has 0 spiro atoms. The third-order valence-electron chi connectivity index (χ3n) is 5.32. The van der Waals surface area contributed by atoms with Crippen molar-refractivity contribution < 1.29 is 14.7 Å². The summed E-state index contributed by atoms with van der Waals surface area (Å²) < 4.78 is 1.91. The first-order valence-electron chi connectivity index (χ1n) is 9.63. The first kappa shape index (κ1) is 18.8. The van der Waals surface area contributed by atoms with Crippen LogP contribution in [0.3, 0.4) is 0 Å². The Morgan fingerprint density at radius 3 is 2.59 bits per heavy atom. The summed E-state index contributed by atoms with van der Waals surface area (Å²) in [6, 6.07) is 11.4. The summed E-state index contributed by atoms with van der Waals surface area (Å²) in [6.07, 6.45) is 6.31. The van der Waals surface area contributed by atoms with Crippen molar-refractivity contribution in [1.29, 1.82) is 0 Å². The van der Waals surface area contributed by atoms with Crippen LogP contribution in [-0.4, -0.2) is 44.6 Å². The summed E-state index contributed by atoms with van der Waals surface area (Å²) in [5.41, 5.74) is 3.71. The molecule has 0 bridgehead atoms. The van der Waals surface area contributed by atoms with Gasteiger partial charge in [-0.1, -0.05) is 12.1 Å². The maximum atomic E-state index is 12.2. The molecule has 2 aromatic heterocycles. The number of rotatable bonds is 4. The number of amides is 3. The maximum absolute atomic E-state index is 12.2. The SMILES string of the molecule is O=C(NCc1ccn2ccnc2c1)Nc1ccc(C2CCN(C(=O)O)CC2)cc1. The van der Waals surface area contributed by atoms with Crippen LogP contribution in [0.4, 0.5) is 15.3 Å². The van der Waals surface area contributed by atoms with E-state index in [0.717, 1.165) is 29.7 Å². The summed E-state index contributed by atoms with van der Waals surface area (Å²) in [4.78, 5) is 28.9. The van der Waals surface area contributed by atoms with Crippen LogP contribution in [0.5, 0.6) is 0 Å². The lowest BCUT2D eigenvalue weighted by atomic mass is 9.89. The molecule has 1 saturated heterocycles. The number of nitrogens with zero attached hydrogens (tertiary/aromatic N) is 3. The molecule has 3 aromatic rings. The van der Waals surface area contributed by atoms with Crippen LogP contribution >= 0.6 is 0 Å². The van der Waals surface area contributed by atoms with Gasteiger partial charge in [-0.25, -0.2) is 14.6 Å². The second-order valence-electron chi connectivity index (χ2n) is 7.20. The Kier molecular flexibility index (Phi) is 5.33. The first-order valence-corrected chi connectivity index (χ1v) is 9.63. The van der Waals surface area contributed by atoms with Gasteiger partial charge in [-0.2, -0.15) is 0 Å². The van der Waals surface area contributed by atoms with Crippen molar-refractivity contribution in [3.63, 3.8) is 0 Å². The number of hydrogen-bond donors (Lipinski definition) is 3. The second kappa shape index (κ2) is 8.22. The number of hydrogen-bond acceptors (Lipinski definition) is 3. The molecule has 0 aliphatic carbocycles. The lowest BCUT2D eigenvalue weighted by Crippen LogP contribution is -2.36. The minimum absolute atomic E-state index is 0.268. The lowest BCUT2D eigenvalue weighted by Gasteiger charge is -2.30. The van der Waals surface area contributed by atoms with Gasteiger partial charge in [0, 0.05) is 43.9 Å². The number of fused-ring (bicyclic) bond motifs is 1. The Morgan fingerprint density at radius 1 is 1.10 bits per heavy atom. The molecule has 3 heterocycles. The van der Waals surface area contributed by atoms with E-state index in [1.165, 1.54) is 10.5 Å². The summed E-state index contributed by atoms with van der Waals surface area (Å²) in [7, 11) is 0. The summed E-state index contributed by atoms with van der Waals surface area (Å²) in [5, 5.41) is 14.7. The van der Waals surface area contributed by atoms with Crippen molar-refractivity contribution in [3.8, 4) is 0 Å². The Bertz CT molecular complexity index is 1010. The number of likely N-dealkylation sites (tertiary alicyclic amines) is 1. The topological polar surface area (TPSA) is 99.0 Å². The van der Waals surface area contributed by atoms with Crippen LogP contribution in [0, 0.1) is 0 Å². The Hall–Kier alpha value is -3.55. The molecule has 8 nitrogen and oxygen atoms in total. The smallest absolute Gasteiger partial charge is 0.407 e. The average Bonchev–Trinajstić information content (AvgIpc) is 3.21. The highest BCUT2D eigenvalue weighted by Crippen LogP contribution is 2.28. The van der Waals surface area contributed by atoms with Gasteiger partial charge in [0.05, 0.1) is 0 Å². The molecule has 1 aliphatic heterocycles. The number of benzene rings is 1. The Labute approximate surface area is 168 Å². The molecule has 4 rings (SSSR count). The van der Waals surface area contributed by atoms with Gasteiger partial charge in [0.1, 0.15) is 5.65 Å². The van der Waals surface area contributed by atoms with Gasteiger partial charge < -0.3 is 25.0 Å². The highest BCUT2D eigenvalue weighted by Gasteiger charge is 2.23. The first-order chi connectivity index (χ1) is 14.1. The molecular formula is C21H23N5O3. The van der Waals surface area contributed by atoms with Gasteiger partial charge in [0.2, 0.25) is 0 Å². The fourth-order valence-electron chi connectivity index (χ4n) is 3.66. The van der Waals surface area contributed by atoms with Crippen molar-refractivity contribution in [3.05, 3.63) is 66.1 Å². The molecule has 1 aromatic carbocycles. The number of carbonyl (C=O) groups excluding carboxylic acids is 1. The van der Waals surface area contributed by atoms with E-state index in [0.29, 0.717) is 25.6 Å². The number of aromatic nitrogens is 2. The van der Waals surface area contributed by atoms with Crippen LogP contribution in [0.2, 0.25) is 0 Å². The number of urea groups is 1. The molecule has 3 amide bonds. The van der Waals surface area contributed by atoms with E-state index in [-0.39, 0.29) is 6.03 Å². The summed E-state index contributed by atoms with van der Waals surface area (Å²) in [5.74, 6) is 0.353. The quantitative estimate of drug-likeness (QED) is 0.632. The number of pyridine rings is 1. The fraction of sp³-hybridized carbons (Fsp3) is 0.286. The van der Waals surface area contributed by atoms with Gasteiger partial charge in [0.25, 0.3) is 0 Å². The number of nitrogens with one attached hydrogen (secondary N) is 2. The number of imidazole rings is 1. The molecule has 0 atom stereocenters. The van der Waals surface area contributed by atoms with Crippen molar-refractivity contribution in [2.75, 3.05) is 18.4 Å². The van der Waals surface area contributed by atoms with Crippen molar-refractivity contribution in [2.45, 2.75) is 25.3 Å². The molecular weight excluding hydrogens is 370 g/mol. The minimum atomic E-state index is -0.848. The largest absolute Gasteiger partial charge is 0.465 e. The highest BCUT2D eigenvalue weighted by atomic mass is 16.4. The monoisotopic (exact) mass is 393 g/mol. The Balaban J connectivity index is 1.28. The van der Waals surface area contributed by atoms with Crippen molar-refractivity contribution in [2.24, 2.45) is 0 Å². The molecule has 1 fully saturated rings. The zero-order valence-electron chi connectivity index (χ0n) is 15.9.